The van der Waals surface area contributed by atoms with Crippen LogP contribution in [0.1, 0.15) is 30.7 Å². The van der Waals surface area contributed by atoms with E-state index in [1.807, 2.05) is 0 Å². The van der Waals surface area contributed by atoms with Gasteiger partial charge in [0.15, 0.2) is 0 Å². The summed E-state index contributed by atoms with van der Waals surface area (Å²) in [5.41, 5.74) is 0.539. The summed E-state index contributed by atoms with van der Waals surface area (Å²) in [4.78, 5) is 23.4. The molecule has 1 fully saturated rings. The summed E-state index contributed by atoms with van der Waals surface area (Å²) in [6.07, 6.45) is 1.39. The molecule has 0 radical (unpaired) electrons. The van der Waals surface area contributed by atoms with Crippen molar-refractivity contribution in [1.82, 2.24) is 0 Å². The fourth-order valence-corrected chi connectivity index (χ4v) is 2.64. The van der Waals surface area contributed by atoms with Gasteiger partial charge in [0.25, 0.3) is 0 Å². The highest BCUT2D eigenvalue weighted by Gasteiger charge is 2.31. The third-order valence-electron chi connectivity index (χ3n) is 3.03. The minimum atomic E-state index is -3.75. The summed E-state index contributed by atoms with van der Waals surface area (Å²) in [6, 6.07) is 5.59. The SMILES string of the molecule is NS(=O)(=O)c1ccc(C2C(=O)CCCC2=O)cc1. The lowest BCUT2D eigenvalue weighted by molar-refractivity contribution is -0.131. The van der Waals surface area contributed by atoms with E-state index < -0.39 is 15.9 Å². The molecule has 2 rings (SSSR count). The molecule has 1 aliphatic rings. The second kappa shape index (κ2) is 4.62. The van der Waals surface area contributed by atoms with E-state index in [0.717, 1.165) is 0 Å². The maximum Gasteiger partial charge on any atom is 0.238 e. The Balaban J connectivity index is 2.34. The molecular formula is C12H13NO4S. The van der Waals surface area contributed by atoms with Gasteiger partial charge in [-0.05, 0) is 24.1 Å². The molecule has 1 aliphatic carbocycles. The van der Waals surface area contributed by atoms with Crippen LogP contribution in [0.2, 0.25) is 0 Å². The molecule has 96 valence electrons. The van der Waals surface area contributed by atoms with E-state index >= 15 is 0 Å². The van der Waals surface area contributed by atoms with Gasteiger partial charge in [-0.3, -0.25) is 9.59 Å². The Morgan fingerprint density at radius 1 is 1.00 bits per heavy atom. The molecule has 2 N–H and O–H groups in total. The molecule has 6 heteroatoms. The van der Waals surface area contributed by atoms with Crippen LogP contribution in [0.4, 0.5) is 0 Å². The first-order chi connectivity index (χ1) is 8.39. The lowest BCUT2D eigenvalue weighted by atomic mass is 9.82. The van der Waals surface area contributed by atoms with E-state index in [0.29, 0.717) is 24.8 Å². The highest BCUT2D eigenvalue weighted by molar-refractivity contribution is 7.89. The van der Waals surface area contributed by atoms with E-state index in [1.54, 1.807) is 0 Å². The zero-order chi connectivity index (χ0) is 13.3. The zero-order valence-corrected chi connectivity index (χ0v) is 10.4. The number of carbonyl (C=O) groups excluding carboxylic acids is 2. The summed E-state index contributed by atoms with van der Waals surface area (Å²) in [5.74, 6) is -0.947. The lowest BCUT2D eigenvalue weighted by Gasteiger charge is -2.19. The molecule has 1 saturated carbocycles. The molecule has 0 unspecified atom stereocenters. The average Bonchev–Trinajstić information content (AvgIpc) is 2.28. The average molecular weight is 267 g/mol. The first-order valence-corrected chi connectivity index (χ1v) is 7.12. The molecule has 0 heterocycles. The van der Waals surface area contributed by atoms with Crippen LogP contribution < -0.4 is 5.14 Å². The first kappa shape index (κ1) is 12.9. The Morgan fingerprint density at radius 3 is 1.94 bits per heavy atom. The number of hydrogen-bond acceptors (Lipinski definition) is 4. The molecule has 0 atom stereocenters. The molecule has 0 spiro atoms. The fraction of sp³-hybridized carbons (Fsp3) is 0.333. The van der Waals surface area contributed by atoms with Gasteiger partial charge >= 0.3 is 0 Å². The second-order valence-corrected chi connectivity index (χ2v) is 5.89. The maximum atomic E-state index is 11.7. The summed E-state index contributed by atoms with van der Waals surface area (Å²) in [7, 11) is -3.75. The van der Waals surface area contributed by atoms with Crippen molar-refractivity contribution in [3.8, 4) is 0 Å². The van der Waals surface area contributed by atoms with E-state index in [-0.39, 0.29) is 16.5 Å². The van der Waals surface area contributed by atoms with Gasteiger partial charge in [0.1, 0.15) is 17.5 Å². The number of Topliss-reactive ketones (excluding diaryl/α,β-unsaturated/α-hetero) is 2. The van der Waals surface area contributed by atoms with Crippen LogP contribution in [0.15, 0.2) is 29.2 Å². The maximum absolute atomic E-state index is 11.7. The van der Waals surface area contributed by atoms with Crippen molar-refractivity contribution < 1.29 is 18.0 Å². The summed E-state index contributed by atoms with van der Waals surface area (Å²) < 4.78 is 22.2. The number of rotatable bonds is 2. The predicted molar refractivity (Wildman–Crippen MR) is 64.4 cm³/mol. The number of ketones is 2. The van der Waals surface area contributed by atoms with Crippen molar-refractivity contribution >= 4 is 21.6 Å². The van der Waals surface area contributed by atoms with Gasteiger partial charge in [0.2, 0.25) is 10.0 Å². The zero-order valence-electron chi connectivity index (χ0n) is 9.63. The van der Waals surface area contributed by atoms with Crippen molar-refractivity contribution in [3.05, 3.63) is 29.8 Å². The van der Waals surface area contributed by atoms with E-state index in [4.69, 9.17) is 5.14 Å². The van der Waals surface area contributed by atoms with E-state index in [1.165, 1.54) is 24.3 Å². The van der Waals surface area contributed by atoms with Crippen LogP contribution >= 0.6 is 0 Å². The van der Waals surface area contributed by atoms with Crippen LogP contribution in [0.3, 0.4) is 0 Å². The molecule has 0 aliphatic heterocycles. The topological polar surface area (TPSA) is 94.3 Å². The summed E-state index contributed by atoms with van der Waals surface area (Å²) in [6.45, 7) is 0. The van der Waals surface area contributed by atoms with Crippen LogP contribution in [0.25, 0.3) is 0 Å². The number of hydrogen-bond donors (Lipinski definition) is 1. The minimum Gasteiger partial charge on any atom is -0.299 e. The third-order valence-corrected chi connectivity index (χ3v) is 3.96. The van der Waals surface area contributed by atoms with Crippen LogP contribution in [-0.2, 0) is 19.6 Å². The van der Waals surface area contributed by atoms with Gasteiger partial charge in [0, 0.05) is 12.8 Å². The van der Waals surface area contributed by atoms with Crippen LogP contribution in [0, 0.1) is 0 Å². The monoisotopic (exact) mass is 267 g/mol. The molecule has 0 saturated heterocycles. The molecule has 1 aromatic carbocycles. The molecule has 0 bridgehead atoms. The number of primary sulfonamides is 1. The van der Waals surface area contributed by atoms with E-state index in [2.05, 4.69) is 0 Å². The predicted octanol–water partition coefficient (Wildman–Crippen LogP) is 0.740. The quantitative estimate of drug-likeness (QED) is 0.799. The van der Waals surface area contributed by atoms with Crippen LogP contribution in [-0.4, -0.2) is 20.0 Å². The lowest BCUT2D eigenvalue weighted by Crippen LogP contribution is -2.26. The molecule has 0 amide bonds. The van der Waals surface area contributed by atoms with Gasteiger partial charge < -0.3 is 0 Å². The summed E-state index contributed by atoms with van der Waals surface area (Å²) >= 11 is 0. The number of sulfonamides is 1. The second-order valence-electron chi connectivity index (χ2n) is 4.33. The highest BCUT2D eigenvalue weighted by Crippen LogP contribution is 2.27. The standard InChI is InChI=1S/C12H13NO4S/c13-18(16,17)9-6-4-8(5-7-9)12-10(14)2-1-3-11(12)15/h4-7,12H,1-3H2,(H2,13,16,17). The molecule has 1 aromatic rings. The molecular weight excluding hydrogens is 254 g/mol. The van der Waals surface area contributed by atoms with Crippen molar-refractivity contribution in [1.29, 1.82) is 0 Å². The van der Waals surface area contributed by atoms with Crippen molar-refractivity contribution in [3.63, 3.8) is 0 Å². The Hall–Kier alpha value is -1.53. The minimum absolute atomic E-state index is 0.0260. The Labute approximate surface area is 105 Å². The fourth-order valence-electron chi connectivity index (χ4n) is 2.13. The summed E-state index contributed by atoms with van der Waals surface area (Å²) in [5, 5.41) is 4.98. The number of benzene rings is 1. The number of nitrogens with two attached hydrogens (primary N) is 1. The number of carbonyl (C=O) groups is 2. The Kier molecular flexibility index (Phi) is 3.32. The van der Waals surface area contributed by atoms with Gasteiger partial charge in [-0.1, -0.05) is 12.1 Å². The normalized spacial score (nSPS) is 18.1. The van der Waals surface area contributed by atoms with Gasteiger partial charge in [-0.2, -0.15) is 0 Å². The third kappa shape index (κ3) is 2.49. The molecule has 18 heavy (non-hydrogen) atoms. The highest BCUT2D eigenvalue weighted by atomic mass is 32.2. The Bertz CT molecular complexity index is 573. The molecule has 0 aromatic heterocycles. The van der Waals surface area contributed by atoms with Crippen molar-refractivity contribution in [2.75, 3.05) is 0 Å². The smallest absolute Gasteiger partial charge is 0.238 e. The first-order valence-electron chi connectivity index (χ1n) is 5.58. The van der Waals surface area contributed by atoms with Crippen molar-refractivity contribution in [2.45, 2.75) is 30.1 Å². The largest absolute Gasteiger partial charge is 0.299 e. The van der Waals surface area contributed by atoms with Gasteiger partial charge in [0.05, 0.1) is 4.90 Å². The van der Waals surface area contributed by atoms with Gasteiger partial charge in [-0.15, -0.1) is 0 Å². The van der Waals surface area contributed by atoms with E-state index in [9.17, 15) is 18.0 Å². The van der Waals surface area contributed by atoms with Crippen LogP contribution in [0.5, 0.6) is 0 Å². The Morgan fingerprint density at radius 2 is 1.50 bits per heavy atom. The molecule has 5 nitrogen and oxygen atoms in total. The van der Waals surface area contributed by atoms with Gasteiger partial charge in [-0.25, -0.2) is 13.6 Å². The van der Waals surface area contributed by atoms with Crippen molar-refractivity contribution in [2.24, 2.45) is 5.14 Å².